The van der Waals surface area contributed by atoms with Gasteiger partial charge in [-0.15, -0.1) is 0 Å². The van der Waals surface area contributed by atoms with Crippen molar-refractivity contribution in [1.82, 2.24) is 0 Å². The van der Waals surface area contributed by atoms with E-state index in [0.717, 1.165) is 0 Å². The number of aliphatic hydroxyl groups excluding tert-OH is 1. The van der Waals surface area contributed by atoms with Gasteiger partial charge in [0.05, 0.1) is 11.7 Å². The van der Waals surface area contributed by atoms with Gasteiger partial charge >= 0.3 is 47.7 Å². The monoisotopic (exact) mass is 516 g/mol. The Morgan fingerprint density at radius 2 is 1.06 bits per heavy atom. The molecule has 190 valence electrons. The molecule has 0 aromatic carbocycles. The normalized spacial score (nSPS) is 17.2. The molecule has 0 aromatic heterocycles. The summed E-state index contributed by atoms with van der Waals surface area (Å²) in [5.41, 5.74) is -11.9. The quantitative estimate of drug-likeness (QED) is 0.334. The minimum atomic E-state index is -8.72. The first kappa shape index (κ1) is 30.0. The molecule has 0 aliphatic rings. The van der Waals surface area contributed by atoms with Crippen molar-refractivity contribution in [1.29, 1.82) is 0 Å². The Morgan fingerprint density at radius 1 is 0.719 bits per heavy atom. The van der Waals surface area contributed by atoms with Gasteiger partial charge in [0, 0.05) is 6.42 Å². The van der Waals surface area contributed by atoms with Crippen molar-refractivity contribution in [3.8, 4) is 0 Å². The molecule has 0 aromatic rings. The van der Waals surface area contributed by atoms with E-state index in [1.165, 1.54) is 0 Å². The predicted molar refractivity (Wildman–Crippen MR) is 67.8 cm³/mol. The highest BCUT2D eigenvalue weighted by Gasteiger charge is 2.95. The van der Waals surface area contributed by atoms with Crippen molar-refractivity contribution in [2.24, 2.45) is 0 Å². The number of halogens is 16. The first-order valence-electron chi connectivity index (χ1n) is 7.30. The molecule has 0 fully saturated rings. The van der Waals surface area contributed by atoms with Gasteiger partial charge in [0.25, 0.3) is 0 Å². The third kappa shape index (κ3) is 4.18. The Kier molecular flexibility index (Phi) is 7.63. The summed E-state index contributed by atoms with van der Waals surface area (Å²) < 4.78 is 210. The number of aliphatic hydroxyl groups is 1. The molecule has 0 aliphatic heterocycles. The first-order chi connectivity index (χ1) is 13.7. The Morgan fingerprint density at radius 3 is 1.31 bits per heavy atom. The van der Waals surface area contributed by atoms with Gasteiger partial charge in [-0.1, -0.05) is 0 Å². The van der Waals surface area contributed by atoms with Crippen LogP contribution in [0.15, 0.2) is 11.4 Å². The summed E-state index contributed by atoms with van der Waals surface area (Å²) >= 11 is 0. The highest BCUT2D eigenvalue weighted by Crippen LogP contribution is 2.64. The van der Waals surface area contributed by atoms with Crippen molar-refractivity contribution in [2.75, 3.05) is 0 Å². The molecular formula is C13H8F16O3. The molecule has 0 amide bonds. The molecule has 0 saturated heterocycles. The van der Waals surface area contributed by atoms with Crippen molar-refractivity contribution >= 4 is 5.97 Å². The van der Waals surface area contributed by atoms with Gasteiger partial charge in [-0.2, -0.15) is 65.9 Å². The van der Waals surface area contributed by atoms with E-state index < -0.39 is 71.6 Å². The molecule has 0 rings (SSSR count). The molecule has 0 aliphatic carbocycles. The highest BCUT2D eigenvalue weighted by atomic mass is 19.4. The smallest absolute Gasteiger partial charge is 0.438 e. The zero-order valence-electron chi connectivity index (χ0n) is 14.6. The number of carbonyl (C=O) groups is 1. The molecule has 1 atom stereocenters. The van der Waals surface area contributed by atoms with Crippen LogP contribution in [0.2, 0.25) is 0 Å². The summed E-state index contributed by atoms with van der Waals surface area (Å²) in [7, 11) is 0. The fraction of sp³-hybridized carbons (Fsp3) is 0.769. The zero-order chi connectivity index (χ0) is 26.5. The van der Waals surface area contributed by atoms with Crippen LogP contribution in [0.5, 0.6) is 0 Å². The van der Waals surface area contributed by atoms with Crippen LogP contribution in [-0.4, -0.2) is 64.0 Å². The summed E-state index contributed by atoms with van der Waals surface area (Å²) in [5, 5.41) is 17.0. The topological polar surface area (TPSA) is 57.5 Å². The van der Waals surface area contributed by atoms with Crippen LogP contribution in [0.4, 0.5) is 70.2 Å². The SMILES string of the molecule is CC(O)CC(=C(F)C(=O)O)C(F)(F)C(F)(F)C(F)(F)C(F)(F)C(F)(C(F)(F)F)C(F)(F)F. The van der Waals surface area contributed by atoms with Gasteiger partial charge in [-0.3, -0.25) is 0 Å². The number of aliphatic carboxylic acids is 1. The van der Waals surface area contributed by atoms with E-state index in [9.17, 15) is 75.0 Å². The van der Waals surface area contributed by atoms with E-state index in [2.05, 4.69) is 0 Å². The summed E-state index contributed by atoms with van der Waals surface area (Å²) in [6, 6.07) is 0. The van der Waals surface area contributed by atoms with Gasteiger partial charge in [0.2, 0.25) is 5.83 Å². The van der Waals surface area contributed by atoms with Crippen LogP contribution in [0.1, 0.15) is 13.3 Å². The third-order valence-corrected chi connectivity index (χ3v) is 3.73. The molecule has 0 saturated carbocycles. The molecular weight excluding hydrogens is 508 g/mol. The zero-order valence-corrected chi connectivity index (χ0v) is 14.6. The van der Waals surface area contributed by atoms with Crippen LogP contribution < -0.4 is 0 Å². The van der Waals surface area contributed by atoms with Crippen molar-refractivity contribution in [3.63, 3.8) is 0 Å². The van der Waals surface area contributed by atoms with Gasteiger partial charge in [0.15, 0.2) is 0 Å². The molecule has 19 heteroatoms. The lowest BCUT2D eigenvalue weighted by molar-refractivity contribution is -0.455. The van der Waals surface area contributed by atoms with Crippen molar-refractivity contribution in [3.05, 3.63) is 11.4 Å². The van der Waals surface area contributed by atoms with E-state index in [4.69, 9.17) is 10.2 Å². The molecule has 0 radical (unpaired) electrons. The lowest BCUT2D eigenvalue weighted by atomic mass is 9.83. The molecule has 2 N–H and O–H groups in total. The van der Waals surface area contributed by atoms with Gasteiger partial charge < -0.3 is 10.2 Å². The minimum absolute atomic E-state index is 0.302. The third-order valence-electron chi connectivity index (χ3n) is 3.73. The summed E-state index contributed by atoms with van der Waals surface area (Å²) in [6.45, 7) is 0.302. The van der Waals surface area contributed by atoms with E-state index >= 15 is 0 Å². The van der Waals surface area contributed by atoms with Gasteiger partial charge in [0.1, 0.15) is 0 Å². The minimum Gasteiger partial charge on any atom is -0.476 e. The highest BCUT2D eigenvalue weighted by molar-refractivity contribution is 5.85. The Labute approximate surface area is 165 Å². The Balaban J connectivity index is 7.22. The number of hydrogen-bond acceptors (Lipinski definition) is 2. The Hall–Kier alpha value is -1.95. The van der Waals surface area contributed by atoms with Gasteiger partial charge in [-0.25, -0.2) is 9.18 Å². The maximum Gasteiger partial charge on any atom is 0.438 e. The molecule has 1 unspecified atom stereocenters. The van der Waals surface area contributed by atoms with E-state index in [0.29, 0.717) is 6.92 Å². The fourth-order valence-corrected chi connectivity index (χ4v) is 2.10. The lowest BCUT2D eigenvalue weighted by Crippen LogP contribution is -2.75. The number of rotatable bonds is 8. The molecule has 0 spiro atoms. The predicted octanol–water partition coefficient (Wildman–Crippen LogP) is 5.44. The maximum absolute atomic E-state index is 13.9. The number of carboxylic acids is 1. The summed E-state index contributed by atoms with van der Waals surface area (Å²) in [6.07, 6.45) is -21.1. The number of alkyl halides is 15. The second-order valence-corrected chi connectivity index (χ2v) is 6.10. The summed E-state index contributed by atoms with van der Waals surface area (Å²) in [5.74, 6) is -39.5. The van der Waals surface area contributed by atoms with Crippen LogP contribution >= 0.6 is 0 Å². The average Bonchev–Trinajstić information content (AvgIpc) is 2.54. The molecule has 0 bridgehead atoms. The van der Waals surface area contributed by atoms with Crippen molar-refractivity contribution in [2.45, 2.75) is 61.2 Å². The summed E-state index contributed by atoms with van der Waals surface area (Å²) in [4.78, 5) is 10.4. The van der Waals surface area contributed by atoms with Crippen LogP contribution in [0.3, 0.4) is 0 Å². The van der Waals surface area contributed by atoms with Crippen LogP contribution in [-0.2, 0) is 4.79 Å². The van der Waals surface area contributed by atoms with E-state index in [-0.39, 0.29) is 0 Å². The molecule has 3 nitrogen and oxygen atoms in total. The van der Waals surface area contributed by atoms with Gasteiger partial charge in [-0.05, 0) is 6.92 Å². The Bertz CT molecular complexity index is 731. The second-order valence-electron chi connectivity index (χ2n) is 6.10. The van der Waals surface area contributed by atoms with Crippen LogP contribution in [0.25, 0.3) is 0 Å². The second kappa shape index (κ2) is 8.12. The first-order valence-corrected chi connectivity index (χ1v) is 7.30. The average molecular weight is 516 g/mol. The largest absolute Gasteiger partial charge is 0.476 e. The maximum atomic E-state index is 13.9. The molecule has 32 heavy (non-hydrogen) atoms. The fourth-order valence-electron chi connectivity index (χ4n) is 2.10. The number of carboxylic acid groups (broad SMARTS) is 1. The van der Waals surface area contributed by atoms with E-state index in [1.807, 2.05) is 0 Å². The lowest BCUT2D eigenvalue weighted by Gasteiger charge is -2.43. The van der Waals surface area contributed by atoms with E-state index in [1.54, 1.807) is 0 Å². The standard InChI is InChI=1S/C13H8F16O3/c1-3(30)2-4(5(14)6(31)32)7(15,16)9(18,19)11(22,23)10(20,21)8(17,12(24,25)26)13(27,28)29/h3,30H,2H2,1H3,(H,31,32). The van der Waals surface area contributed by atoms with Crippen LogP contribution in [0, 0.1) is 0 Å². The molecule has 0 heterocycles. The number of hydrogen-bond donors (Lipinski definition) is 2. The van der Waals surface area contributed by atoms with Crippen molar-refractivity contribution < 1.29 is 85.3 Å².